The zero-order chi connectivity index (χ0) is 35.1. The second-order valence-electron chi connectivity index (χ2n) is 13.6. The highest BCUT2D eigenvalue weighted by molar-refractivity contribution is 5.83. The number of aryl methyl sites for hydroxylation is 2. The van der Waals surface area contributed by atoms with Crippen LogP contribution in [-0.2, 0) is 32.1 Å². The number of rotatable bonds is 10. The molecule has 0 radical (unpaired) electrons. The Kier molecular flexibility index (Phi) is 8.88. The van der Waals surface area contributed by atoms with Gasteiger partial charge in [0.15, 0.2) is 11.5 Å². The number of ether oxygens (including phenoxy) is 3. The van der Waals surface area contributed by atoms with Crippen LogP contribution >= 0.6 is 0 Å². The van der Waals surface area contributed by atoms with Crippen molar-refractivity contribution in [1.82, 2.24) is 0 Å². The Balaban J connectivity index is 1.18. The van der Waals surface area contributed by atoms with Gasteiger partial charge in [-0.25, -0.2) is 0 Å². The number of hydrogen-bond donors (Lipinski definition) is 4. The van der Waals surface area contributed by atoms with E-state index in [0.717, 1.165) is 56.8 Å². The van der Waals surface area contributed by atoms with Gasteiger partial charge in [-0.05, 0) is 112 Å². The zero-order valence-electron chi connectivity index (χ0n) is 28.5. The topological polar surface area (TPSA) is 121 Å². The SMILES string of the molecule is COc1cc([C@H]2Oc3cc(OCCO)c4c(c3C[C@H]2O)C[C@@H](Cc2ccc3c(c2)=CCN=3)c2cc(O)ccc2-4)cc(CCc2ccccc2)c1O. The molecule has 8 nitrogen and oxygen atoms in total. The Bertz CT molecular complexity index is 2230. The van der Waals surface area contributed by atoms with Crippen LogP contribution in [0.25, 0.3) is 17.2 Å². The molecule has 3 aliphatic rings. The Morgan fingerprint density at radius 1 is 0.863 bits per heavy atom. The fraction of sp³-hybridized carbons (Fsp3) is 0.279. The maximum Gasteiger partial charge on any atom is 0.161 e. The standard InChI is InChI=1S/C43H41NO7/c1-49-40-21-30(19-28(42(40)48)9-7-25-5-3-2-4-6-25)43-37(47)23-34-35-20-29(18-26-8-12-36-27(17-26)13-14-44-36)33-22-31(46)10-11-32(33)41(35)39(50-16-15-45)24-38(34)51-43/h2-6,8,10-13,17,19,21-22,24,29,37,43,45-48H,7,9,14-16,18,20,23H2,1H3/t29-,37-,43-/m1/s1. The van der Waals surface area contributed by atoms with E-state index in [2.05, 4.69) is 41.4 Å². The monoisotopic (exact) mass is 683 g/mol. The first-order valence-electron chi connectivity index (χ1n) is 17.6. The van der Waals surface area contributed by atoms with E-state index in [1.807, 2.05) is 42.5 Å². The predicted octanol–water partition coefficient (Wildman–Crippen LogP) is 5.26. The van der Waals surface area contributed by atoms with Crippen molar-refractivity contribution in [3.05, 3.63) is 134 Å². The van der Waals surface area contributed by atoms with Crippen molar-refractivity contribution in [1.29, 1.82) is 0 Å². The second-order valence-corrected chi connectivity index (χ2v) is 13.6. The Labute approximate surface area is 296 Å². The number of hydrogen-bond acceptors (Lipinski definition) is 8. The van der Waals surface area contributed by atoms with E-state index >= 15 is 0 Å². The van der Waals surface area contributed by atoms with Gasteiger partial charge >= 0.3 is 0 Å². The number of phenolic OH excluding ortho intramolecular Hbond substituents is 2. The summed E-state index contributed by atoms with van der Waals surface area (Å²) in [7, 11) is 1.52. The van der Waals surface area contributed by atoms with Crippen molar-refractivity contribution in [2.24, 2.45) is 4.99 Å². The minimum atomic E-state index is -0.877. The highest BCUT2D eigenvalue weighted by Gasteiger charge is 2.38. The van der Waals surface area contributed by atoms with Crippen LogP contribution in [0.3, 0.4) is 0 Å². The van der Waals surface area contributed by atoms with Gasteiger partial charge in [-0.15, -0.1) is 0 Å². The predicted molar refractivity (Wildman–Crippen MR) is 194 cm³/mol. The number of fused-ring (bicyclic) bond motifs is 6. The van der Waals surface area contributed by atoms with E-state index in [1.54, 1.807) is 12.1 Å². The first-order chi connectivity index (χ1) is 24.9. The van der Waals surface area contributed by atoms with Crippen LogP contribution in [0.5, 0.6) is 28.7 Å². The van der Waals surface area contributed by atoms with Gasteiger partial charge in [0, 0.05) is 23.6 Å². The second kappa shape index (κ2) is 13.8. The molecule has 51 heavy (non-hydrogen) atoms. The lowest BCUT2D eigenvalue weighted by Gasteiger charge is -2.37. The molecular formula is C43H41NO7. The number of phenols is 2. The molecule has 2 aliphatic heterocycles. The summed E-state index contributed by atoms with van der Waals surface area (Å²) in [6, 6.07) is 27.5. The van der Waals surface area contributed by atoms with Gasteiger partial charge in [-0.1, -0.05) is 48.5 Å². The first-order valence-corrected chi connectivity index (χ1v) is 17.6. The summed E-state index contributed by atoms with van der Waals surface area (Å²) in [6.07, 6.45) is 3.60. The van der Waals surface area contributed by atoms with E-state index in [9.17, 15) is 20.4 Å². The fourth-order valence-corrected chi connectivity index (χ4v) is 8.01. The van der Waals surface area contributed by atoms with Gasteiger partial charge < -0.3 is 34.6 Å². The van der Waals surface area contributed by atoms with Crippen LogP contribution < -0.4 is 24.8 Å². The van der Waals surface area contributed by atoms with Crippen molar-refractivity contribution in [2.45, 2.75) is 50.2 Å². The average Bonchev–Trinajstić information content (AvgIpc) is 3.62. The van der Waals surface area contributed by atoms with E-state index in [0.29, 0.717) is 54.2 Å². The molecule has 0 saturated carbocycles. The third kappa shape index (κ3) is 6.30. The molecule has 0 aromatic heterocycles. The minimum absolute atomic E-state index is 0.0385. The van der Waals surface area contributed by atoms with Crippen LogP contribution in [0, 0.1) is 0 Å². The highest BCUT2D eigenvalue weighted by atomic mass is 16.5. The van der Waals surface area contributed by atoms with Gasteiger partial charge in [-0.2, -0.15) is 0 Å². The van der Waals surface area contributed by atoms with Crippen molar-refractivity contribution in [3.63, 3.8) is 0 Å². The first kappa shape index (κ1) is 32.9. The third-order valence-corrected chi connectivity index (χ3v) is 10.4. The highest BCUT2D eigenvalue weighted by Crippen LogP contribution is 2.52. The molecular weight excluding hydrogens is 642 g/mol. The minimum Gasteiger partial charge on any atom is -0.508 e. The number of nitrogens with zero attached hydrogens (tertiary/aromatic N) is 1. The lowest BCUT2D eigenvalue weighted by Crippen LogP contribution is -2.32. The van der Waals surface area contributed by atoms with Gasteiger partial charge in [0.2, 0.25) is 0 Å². The Morgan fingerprint density at radius 3 is 2.55 bits per heavy atom. The Morgan fingerprint density at radius 2 is 1.73 bits per heavy atom. The van der Waals surface area contributed by atoms with E-state index in [-0.39, 0.29) is 30.6 Å². The summed E-state index contributed by atoms with van der Waals surface area (Å²) in [5.41, 5.74) is 8.61. The average molecular weight is 684 g/mol. The molecule has 0 saturated heterocycles. The summed E-state index contributed by atoms with van der Waals surface area (Å²) in [5.74, 6) is 1.85. The zero-order valence-corrected chi connectivity index (χ0v) is 28.5. The van der Waals surface area contributed by atoms with Gasteiger partial charge in [0.05, 0.1) is 31.7 Å². The van der Waals surface area contributed by atoms with Crippen molar-refractivity contribution >= 4 is 6.08 Å². The summed E-state index contributed by atoms with van der Waals surface area (Å²) in [4.78, 5) is 4.54. The Hall–Kier alpha value is -5.31. The smallest absolute Gasteiger partial charge is 0.161 e. The van der Waals surface area contributed by atoms with Gasteiger partial charge in [0.1, 0.15) is 30.0 Å². The van der Waals surface area contributed by atoms with Crippen LogP contribution in [0.4, 0.5) is 0 Å². The molecule has 260 valence electrons. The summed E-state index contributed by atoms with van der Waals surface area (Å²) in [6.45, 7) is 0.648. The number of aromatic hydroxyl groups is 2. The summed E-state index contributed by atoms with van der Waals surface area (Å²) in [5, 5.41) is 45.4. The molecule has 8 heteroatoms. The maximum absolute atomic E-state index is 11.8. The quantitative estimate of drug-likeness (QED) is 0.159. The molecule has 0 spiro atoms. The van der Waals surface area contributed by atoms with Gasteiger partial charge in [-0.3, -0.25) is 4.99 Å². The van der Waals surface area contributed by atoms with E-state index in [4.69, 9.17) is 14.2 Å². The van der Waals surface area contributed by atoms with Crippen LogP contribution in [0.15, 0.2) is 89.9 Å². The van der Waals surface area contributed by atoms with Crippen LogP contribution in [0.2, 0.25) is 0 Å². The number of benzene rings is 5. The lowest BCUT2D eigenvalue weighted by molar-refractivity contribution is 0.0201. The van der Waals surface area contributed by atoms with Crippen LogP contribution in [-0.4, -0.2) is 53.4 Å². The largest absolute Gasteiger partial charge is 0.508 e. The molecule has 0 bridgehead atoms. The summed E-state index contributed by atoms with van der Waals surface area (Å²) >= 11 is 0. The fourth-order valence-electron chi connectivity index (χ4n) is 8.01. The molecule has 1 aliphatic carbocycles. The molecule has 0 amide bonds. The van der Waals surface area contributed by atoms with Crippen molar-refractivity contribution < 1.29 is 34.6 Å². The van der Waals surface area contributed by atoms with Crippen molar-refractivity contribution in [2.75, 3.05) is 26.9 Å². The molecule has 0 fully saturated rings. The molecule has 5 aromatic rings. The number of aliphatic hydroxyl groups is 2. The van der Waals surface area contributed by atoms with E-state index < -0.39 is 12.2 Å². The molecule has 2 heterocycles. The molecule has 3 atom stereocenters. The van der Waals surface area contributed by atoms with E-state index in [1.165, 1.54) is 12.7 Å². The van der Waals surface area contributed by atoms with Crippen molar-refractivity contribution in [3.8, 4) is 39.9 Å². The number of aliphatic hydroxyl groups excluding tert-OH is 2. The molecule has 8 rings (SSSR count). The molecule has 0 unspecified atom stereocenters. The maximum atomic E-state index is 11.8. The summed E-state index contributed by atoms with van der Waals surface area (Å²) < 4.78 is 18.5. The third-order valence-electron chi connectivity index (χ3n) is 10.4. The normalized spacial score (nSPS) is 18.3. The van der Waals surface area contributed by atoms with Crippen LogP contribution in [0.1, 0.15) is 51.0 Å². The lowest BCUT2D eigenvalue weighted by atomic mass is 9.73. The molecule has 4 N–H and O–H groups in total. The van der Waals surface area contributed by atoms with Gasteiger partial charge in [0.25, 0.3) is 0 Å². The number of methoxy groups -OCH3 is 1. The molecule has 5 aromatic carbocycles.